The third-order valence-electron chi connectivity index (χ3n) is 8.44. The SMILES string of the molecule is CC(N[S@@+]([O-])C(C)(C)C)c1cc(=O)n(C)cc1-c1cc(C(C)(C)S(=O)(=O)CC(C)(C)N(C)C(=O)O)ccc1C(=O)c1ccc(F)cc1. The number of halogens is 1. The Morgan fingerprint density at radius 1 is 1.02 bits per heavy atom. The van der Waals surface area contributed by atoms with E-state index in [1.54, 1.807) is 47.0 Å². The Bertz CT molecular complexity index is 1830. The zero-order chi connectivity index (χ0) is 35.9. The van der Waals surface area contributed by atoms with Crippen LogP contribution in [0.5, 0.6) is 0 Å². The zero-order valence-electron chi connectivity index (χ0n) is 28.5. The molecule has 1 heterocycles. The second kappa shape index (κ2) is 13.5. The molecule has 2 atom stereocenters. The number of nitrogens with zero attached hydrogens (tertiary/aromatic N) is 2. The first kappa shape index (κ1) is 37.9. The topological polar surface area (TPSA) is 149 Å². The van der Waals surface area contributed by atoms with Crippen LogP contribution in [0.25, 0.3) is 11.1 Å². The van der Waals surface area contributed by atoms with Gasteiger partial charge >= 0.3 is 6.09 Å². The van der Waals surface area contributed by atoms with Crippen molar-refractivity contribution in [2.45, 2.75) is 76.5 Å². The predicted molar refractivity (Wildman–Crippen MR) is 183 cm³/mol. The lowest BCUT2D eigenvalue weighted by Crippen LogP contribution is -2.51. The van der Waals surface area contributed by atoms with Crippen LogP contribution < -0.4 is 10.3 Å². The van der Waals surface area contributed by atoms with Crippen molar-refractivity contribution in [3.63, 3.8) is 0 Å². The molecule has 2 aromatic carbocycles. The van der Waals surface area contributed by atoms with Gasteiger partial charge in [0.2, 0.25) is 0 Å². The summed E-state index contributed by atoms with van der Waals surface area (Å²) in [5.41, 5.74) is 0.219. The van der Waals surface area contributed by atoms with E-state index >= 15 is 0 Å². The molecule has 0 saturated carbocycles. The minimum absolute atomic E-state index is 0.170. The quantitative estimate of drug-likeness (QED) is 0.196. The van der Waals surface area contributed by atoms with Crippen LogP contribution in [0.15, 0.2) is 59.5 Å². The number of aromatic nitrogens is 1. The number of ketones is 1. The molecule has 1 unspecified atom stereocenters. The van der Waals surface area contributed by atoms with Gasteiger partial charge in [-0.25, -0.2) is 17.6 Å². The maximum Gasteiger partial charge on any atom is 0.407 e. The van der Waals surface area contributed by atoms with E-state index in [0.717, 1.165) is 17.0 Å². The summed E-state index contributed by atoms with van der Waals surface area (Å²) in [6.07, 6.45) is 0.273. The molecule has 0 spiro atoms. The Labute approximate surface area is 279 Å². The number of aryl methyl sites for hydroxylation is 1. The number of carboxylic acid groups (broad SMARTS) is 1. The van der Waals surface area contributed by atoms with E-state index in [0.29, 0.717) is 22.3 Å². The average molecular weight is 690 g/mol. The lowest BCUT2D eigenvalue weighted by atomic mass is 9.87. The van der Waals surface area contributed by atoms with Crippen LogP contribution in [0.3, 0.4) is 0 Å². The van der Waals surface area contributed by atoms with Gasteiger partial charge in [-0.05, 0) is 102 Å². The summed E-state index contributed by atoms with van der Waals surface area (Å²) in [4.78, 5) is 39.5. The molecular weight excluding hydrogens is 646 g/mol. The van der Waals surface area contributed by atoms with Crippen LogP contribution in [-0.4, -0.2) is 62.5 Å². The number of hydrogen-bond acceptors (Lipinski definition) is 7. The molecule has 0 radical (unpaired) electrons. The number of sulfone groups is 1. The second-order valence-corrected chi connectivity index (χ2v) is 18.4. The third kappa shape index (κ3) is 8.14. The number of amides is 1. The molecule has 0 fully saturated rings. The summed E-state index contributed by atoms with van der Waals surface area (Å²) in [7, 11) is -1.20. The van der Waals surface area contributed by atoms with E-state index in [1.807, 2.05) is 0 Å². The van der Waals surface area contributed by atoms with Gasteiger partial charge in [0.15, 0.2) is 15.6 Å². The normalized spacial score (nSPS) is 14.0. The molecule has 13 heteroatoms. The summed E-state index contributed by atoms with van der Waals surface area (Å²) in [5.74, 6) is -1.48. The summed E-state index contributed by atoms with van der Waals surface area (Å²) in [6, 6.07) is 10.4. The molecule has 0 aliphatic rings. The van der Waals surface area contributed by atoms with Gasteiger partial charge in [0.25, 0.3) is 5.56 Å². The molecule has 1 aromatic heterocycles. The van der Waals surface area contributed by atoms with Crippen molar-refractivity contribution in [2.75, 3.05) is 12.8 Å². The van der Waals surface area contributed by atoms with E-state index in [2.05, 4.69) is 4.72 Å². The number of carbonyl (C=O) groups excluding carboxylic acids is 1. The Balaban J connectivity index is 2.33. The summed E-state index contributed by atoms with van der Waals surface area (Å²) < 4.78 is 57.0. The Kier molecular flexibility index (Phi) is 10.9. The number of pyridine rings is 1. The van der Waals surface area contributed by atoms with Crippen molar-refractivity contribution < 1.29 is 32.1 Å². The van der Waals surface area contributed by atoms with E-state index < -0.39 is 65.7 Å². The lowest BCUT2D eigenvalue weighted by molar-refractivity contribution is 0.103. The smallest absolute Gasteiger partial charge is 0.407 e. The number of nitrogens with one attached hydrogen (secondary N) is 1. The van der Waals surface area contributed by atoms with Crippen LogP contribution >= 0.6 is 0 Å². The Morgan fingerprint density at radius 3 is 2.13 bits per heavy atom. The summed E-state index contributed by atoms with van der Waals surface area (Å²) in [5, 5.41) is 9.53. The van der Waals surface area contributed by atoms with Gasteiger partial charge in [-0.1, -0.05) is 12.1 Å². The highest BCUT2D eigenvalue weighted by Gasteiger charge is 2.43. The number of rotatable bonds is 11. The largest absolute Gasteiger partial charge is 0.598 e. The molecule has 2 N–H and O–H groups in total. The highest BCUT2D eigenvalue weighted by molar-refractivity contribution is 7.92. The molecule has 0 bridgehead atoms. The van der Waals surface area contributed by atoms with Crippen molar-refractivity contribution in [1.29, 1.82) is 0 Å². The fraction of sp³-hybridized carbons (Fsp3) is 0.441. The molecule has 10 nitrogen and oxygen atoms in total. The molecular formula is C34H44FN3O7S2. The first-order valence-corrected chi connectivity index (χ1v) is 17.7. The lowest BCUT2D eigenvalue weighted by Gasteiger charge is -2.36. The van der Waals surface area contributed by atoms with Gasteiger partial charge in [-0.15, -0.1) is 4.72 Å². The minimum atomic E-state index is -4.05. The van der Waals surface area contributed by atoms with Crippen LogP contribution in [0.1, 0.15) is 88.5 Å². The van der Waals surface area contributed by atoms with Crippen LogP contribution in [0.4, 0.5) is 9.18 Å². The van der Waals surface area contributed by atoms with Gasteiger partial charge < -0.3 is 19.1 Å². The Hall–Kier alpha value is -3.52. The van der Waals surface area contributed by atoms with Gasteiger partial charge in [-0.3, -0.25) is 9.59 Å². The van der Waals surface area contributed by atoms with Crippen LogP contribution in [-0.2, 0) is 33.0 Å². The highest BCUT2D eigenvalue weighted by Crippen LogP contribution is 2.39. The van der Waals surface area contributed by atoms with Gasteiger partial charge in [-0.2, -0.15) is 0 Å². The molecule has 47 heavy (non-hydrogen) atoms. The van der Waals surface area contributed by atoms with Gasteiger partial charge in [0.1, 0.15) is 10.6 Å². The molecule has 3 aromatic rings. The van der Waals surface area contributed by atoms with Crippen LogP contribution in [0, 0.1) is 5.82 Å². The van der Waals surface area contributed by atoms with Crippen LogP contribution in [0.2, 0.25) is 0 Å². The molecule has 1 amide bonds. The number of hydrogen-bond donors (Lipinski definition) is 2. The van der Waals surface area contributed by atoms with Gasteiger partial charge in [0, 0.05) is 54.4 Å². The standard InChI is InChI=1S/C34H44FN3O7S2/c1-21(36-46(43)32(2,3)4)26-18-29(39)37(9)19-28(26)27-17-23(13-16-25(27)30(40)22-11-14-24(35)15-12-22)34(7,8)47(44,45)20-33(5,6)38(10)31(41)42/h11-19,21,36H,20H2,1-10H3,(H,41,42)/t21?,46-/m0/s1. The molecule has 256 valence electrons. The van der Waals surface area contributed by atoms with Crippen molar-refractivity contribution in [3.8, 4) is 11.1 Å². The fourth-order valence-corrected chi connectivity index (χ4v) is 7.68. The average Bonchev–Trinajstić information content (AvgIpc) is 2.96. The van der Waals surface area contributed by atoms with Crippen molar-refractivity contribution >= 4 is 33.1 Å². The van der Waals surface area contributed by atoms with E-state index in [9.17, 15) is 36.9 Å². The maximum atomic E-state index is 14.0. The highest BCUT2D eigenvalue weighted by atomic mass is 32.2. The third-order valence-corrected chi connectivity index (χ3v) is 13.0. The van der Waals surface area contributed by atoms with E-state index in [1.165, 1.54) is 69.6 Å². The molecule has 3 rings (SSSR count). The van der Waals surface area contributed by atoms with E-state index in [-0.39, 0.29) is 16.7 Å². The molecule has 0 aliphatic heterocycles. The van der Waals surface area contributed by atoms with Crippen molar-refractivity contribution in [3.05, 3.63) is 93.2 Å². The predicted octanol–water partition coefficient (Wildman–Crippen LogP) is 5.57. The molecule has 0 aliphatic carbocycles. The van der Waals surface area contributed by atoms with E-state index in [4.69, 9.17) is 0 Å². The fourth-order valence-electron chi connectivity index (χ4n) is 4.91. The minimum Gasteiger partial charge on any atom is -0.598 e. The van der Waals surface area contributed by atoms with Gasteiger partial charge in [0.05, 0.1) is 22.1 Å². The maximum absolute atomic E-state index is 14.0. The Morgan fingerprint density at radius 2 is 1.60 bits per heavy atom. The first-order chi connectivity index (χ1) is 21.4. The number of carbonyl (C=O) groups is 2. The molecule has 0 saturated heterocycles. The monoisotopic (exact) mass is 689 g/mol. The van der Waals surface area contributed by atoms with Crippen molar-refractivity contribution in [1.82, 2.24) is 14.2 Å². The number of benzene rings is 2. The second-order valence-electron chi connectivity index (χ2n) is 13.8. The first-order valence-electron chi connectivity index (χ1n) is 14.9. The summed E-state index contributed by atoms with van der Waals surface area (Å²) in [6.45, 7) is 13.2. The zero-order valence-corrected chi connectivity index (χ0v) is 30.1. The van der Waals surface area contributed by atoms with Crippen molar-refractivity contribution in [2.24, 2.45) is 7.05 Å². The summed E-state index contributed by atoms with van der Waals surface area (Å²) >= 11 is -1.52.